The lowest BCUT2D eigenvalue weighted by Crippen LogP contribution is -2.49. The SMILES string of the molecule is O=C1CC[C@H](c2ccc(N3CCC(CN4CCN(c5ccc(-n6cc(-c7cc(C(F)F)cc(NS(=O)(=O)N8CCCC8)c7F)c(-c7ccncc7)n6)cc5)CC4)CC3)nc2)C(=O)N1. The summed E-state index contributed by atoms with van der Waals surface area (Å²) in [6.45, 7) is 7.00. The van der Waals surface area contributed by atoms with Crippen LogP contribution in [0.25, 0.3) is 28.1 Å². The lowest BCUT2D eigenvalue weighted by Gasteiger charge is -2.40. The van der Waals surface area contributed by atoms with E-state index >= 15 is 4.39 Å². The number of carbonyl (C=O) groups excluding carboxylic acids is 2. The summed E-state index contributed by atoms with van der Waals surface area (Å²) in [7, 11) is -4.17. The summed E-state index contributed by atoms with van der Waals surface area (Å²) in [4.78, 5) is 39.8. The van der Waals surface area contributed by atoms with Gasteiger partial charge in [-0.05, 0) is 98.2 Å². The molecule has 4 fully saturated rings. The number of aromatic nitrogens is 4. The highest BCUT2D eigenvalue weighted by atomic mass is 32.2. The van der Waals surface area contributed by atoms with E-state index in [9.17, 15) is 26.8 Å². The molecule has 0 saturated carbocycles. The number of hydrogen-bond acceptors (Lipinski definition) is 10. The highest BCUT2D eigenvalue weighted by Crippen LogP contribution is 2.39. The number of hydrogen-bond donors (Lipinski definition) is 2. The van der Waals surface area contributed by atoms with Crippen LogP contribution in [0.3, 0.4) is 0 Å². The number of nitrogens with one attached hydrogen (secondary N) is 2. The lowest BCUT2D eigenvalue weighted by molar-refractivity contribution is -0.134. The van der Waals surface area contributed by atoms with E-state index in [2.05, 4.69) is 34.7 Å². The zero-order chi connectivity index (χ0) is 43.7. The van der Waals surface area contributed by atoms with Crippen LogP contribution in [0.4, 0.5) is 30.4 Å². The Balaban J connectivity index is 0.842. The second-order valence-corrected chi connectivity index (χ2v) is 18.4. The van der Waals surface area contributed by atoms with Crippen LogP contribution in [0.2, 0.25) is 0 Å². The van der Waals surface area contributed by atoms with Crippen molar-refractivity contribution in [2.45, 2.75) is 50.9 Å². The van der Waals surface area contributed by atoms with Gasteiger partial charge in [-0.2, -0.15) is 17.8 Å². The normalized spacial score (nSPS) is 19.5. The van der Waals surface area contributed by atoms with Crippen molar-refractivity contribution in [3.05, 3.63) is 102 Å². The molecule has 14 nitrogen and oxygen atoms in total. The maximum atomic E-state index is 16.4. The van der Waals surface area contributed by atoms with E-state index in [0.29, 0.717) is 48.5 Å². The molecule has 1 atom stereocenters. The number of piperazine rings is 1. The first-order valence-electron chi connectivity index (χ1n) is 21.5. The minimum Gasteiger partial charge on any atom is -0.369 e. The quantitative estimate of drug-likeness (QED) is 0.135. The number of carbonyl (C=O) groups is 2. The molecule has 4 aliphatic rings. The summed E-state index contributed by atoms with van der Waals surface area (Å²) in [5.41, 5.74) is 2.38. The van der Waals surface area contributed by atoms with Gasteiger partial charge in [-0.15, -0.1) is 0 Å². The van der Waals surface area contributed by atoms with Crippen LogP contribution in [-0.4, -0.2) is 108 Å². The molecule has 0 aliphatic carbocycles. The van der Waals surface area contributed by atoms with Gasteiger partial charge in [0.05, 0.1) is 17.3 Å². The largest absolute Gasteiger partial charge is 0.369 e. The van der Waals surface area contributed by atoms with Gasteiger partial charge in [-0.3, -0.25) is 29.5 Å². The first kappa shape index (κ1) is 42.5. The molecular formula is C45H49F3N10O4S. The number of amides is 2. The van der Waals surface area contributed by atoms with Gasteiger partial charge >= 0.3 is 10.2 Å². The third kappa shape index (κ3) is 9.29. The van der Waals surface area contributed by atoms with Gasteiger partial charge in [0, 0.05) is 118 Å². The van der Waals surface area contributed by atoms with Gasteiger partial charge in [-0.25, -0.2) is 22.8 Å². The van der Waals surface area contributed by atoms with Gasteiger partial charge < -0.3 is 9.80 Å². The molecule has 2 N–H and O–H groups in total. The van der Waals surface area contributed by atoms with Gasteiger partial charge in [-0.1, -0.05) is 6.07 Å². The fourth-order valence-electron chi connectivity index (χ4n) is 9.12. The second kappa shape index (κ2) is 18.1. The molecule has 0 bridgehead atoms. The molecule has 330 valence electrons. The van der Waals surface area contributed by atoms with Crippen molar-refractivity contribution in [1.82, 2.24) is 34.3 Å². The van der Waals surface area contributed by atoms with E-state index in [0.717, 1.165) is 87.9 Å². The fraction of sp³-hybridized carbons (Fsp3) is 0.400. The molecule has 9 rings (SSSR count). The molecule has 0 radical (unpaired) electrons. The van der Waals surface area contributed by atoms with Crippen molar-refractivity contribution in [2.24, 2.45) is 5.92 Å². The third-order valence-electron chi connectivity index (χ3n) is 12.7. The number of alkyl halides is 2. The van der Waals surface area contributed by atoms with Crippen LogP contribution < -0.4 is 19.8 Å². The lowest BCUT2D eigenvalue weighted by atomic mass is 9.91. The molecule has 4 aliphatic heterocycles. The number of pyridine rings is 2. The number of halogens is 3. The summed E-state index contributed by atoms with van der Waals surface area (Å²) < 4.78 is 76.3. The third-order valence-corrected chi connectivity index (χ3v) is 14.2. The molecule has 7 heterocycles. The van der Waals surface area contributed by atoms with Gasteiger partial charge in [0.2, 0.25) is 11.8 Å². The Bertz CT molecular complexity index is 2540. The van der Waals surface area contributed by atoms with Crippen molar-refractivity contribution in [1.29, 1.82) is 0 Å². The highest BCUT2D eigenvalue weighted by Gasteiger charge is 2.31. The summed E-state index contributed by atoms with van der Waals surface area (Å²) in [6, 6.07) is 17.1. The van der Waals surface area contributed by atoms with Crippen molar-refractivity contribution < 1.29 is 31.2 Å². The van der Waals surface area contributed by atoms with Crippen molar-refractivity contribution in [2.75, 3.05) is 73.4 Å². The first-order chi connectivity index (χ1) is 30.5. The minimum absolute atomic E-state index is 0.208. The maximum absolute atomic E-state index is 16.4. The summed E-state index contributed by atoms with van der Waals surface area (Å²) in [5.74, 6) is -0.295. The van der Waals surface area contributed by atoms with Crippen LogP contribution in [0.1, 0.15) is 62.0 Å². The van der Waals surface area contributed by atoms with E-state index < -0.39 is 33.7 Å². The Morgan fingerprint density at radius 2 is 1.52 bits per heavy atom. The van der Waals surface area contributed by atoms with Gasteiger partial charge in [0.25, 0.3) is 6.43 Å². The molecule has 3 aromatic heterocycles. The topological polar surface area (TPSA) is 149 Å². The summed E-state index contributed by atoms with van der Waals surface area (Å²) in [5, 5.41) is 7.23. The Kier molecular flexibility index (Phi) is 12.2. The molecule has 2 aromatic carbocycles. The molecule has 5 aromatic rings. The first-order valence-corrected chi connectivity index (χ1v) is 23.0. The molecule has 4 saturated heterocycles. The standard InChI is InChI=1S/C45H49F3N10O4S/c46-42-37(25-33(44(47)48)26-39(42)53-63(61,62)57-17-1-2-18-57)38-29-58(52-43(38)31-11-15-49-16-12-31)35-6-4-34(5-7-35)55-23-21-54(22-24-55)28-30-13-19-56(20-14-30)40-9-3-32(27-50-40)36-8-10-41(59)51-45(36)60/h3-7,9,11-12,15-16,25-27,29-30,36,44,53H,1-2,8,10,13-14,17-24,28H2,(H,51,59,60)/t36-/m1/s1. The monoisotopic (exact) mass is 882 g/mol. The number of nitrogens with zero attached hydrogens (tertiary/aromatic N) is 8. The van der Waals surface area contributed by atoms with E-state index in [4.69, 9.17) is 5.10 Å². The Labute approximate surface area is 364 Å². The average molecular weight is 883 g/mol. The molecule has 63 heavy (non-hydrogen) atoms. The average Bonchev–Trinajstić information content (AvgIpc) is 4.01. The van der Waals surface area contributed by atoms with Crippen LogP contribution in [-0.2, 0) is 19.8 Å². The predicted molar refractivity (Wildman–Crippen MR) is 233 cm³/mol. The van der Waals surface area contributed by atoms with Gasteiger partial charge in [0.15, 0.2) is 5.82 Å². The molecule has 2 amide bonds. The highest BCUT2D eigenvalue weighted by molar-refractivity contribution is 7.90. The molecule has 18 heteroatoms. The Morgan fingerprint density at radius 3 is 2.19 bits per heavy atom. The number of rotatable bonds is 12. The summed E-state index contributed by atoms with van der Waals surface area (Å²) >= 11 is 0. The smallest absolute Gasteiger partial charge is 0.301 e. The van der Waals surface area contributed by atoms with E-state index in [1.54, 1.807) is 41.6 Å². The molecule has 0 spiro atoms. The van der Waals surface area contributed by atoms with Crippen LogP contribution in [0, 0.1) is 11.7 Å². The Morgan fingerprint density at radius 1 is 0.810 bits per heavy atom. The zero-order valence-electron chi connectivity index (χ0n) is 34.7. The van der Waals surface area contributed by atoms with Crippen LogP contribution >= 0.6 is 0 Å². The van der Waals surface area contributed by atoms with Crippen molar-refractivity contribution >= 4 is 39.2 Å². The number of piperidine rings is 2. The van der Waals surface area contributed by atoms with Crippen molar-refractivity contribution in [3.63, 3.8) is 0 Å². The maximum Gasteiger partial charge on any atom is 0.301 e. The molecular weight excluding hydrogens is 834 g/mol. The predicted octanol–water partition coefficient (Wildman–Crippen LogP) is 6.38. The number of imide groups is 1. The van der Waals surface area contributed by atoms with E-state index in [1.807, 2.05) is 36.4 Å². The fourth-order valence-corrected chi connectivity index (χ4v) is 10.4. The number of benzene rings is 2. The van der Waals surface area contributed by atoms with Crippen LogP contribution in [0.5, 0.6) is 0 Å². The second-order valence-electron chi connectivity index (χ2n) is 16.7. The van der Waals surface area contributed by atoms with Crippen molar-refractivity contribution in [3.8, 4) is 28.1 Å². The molecule has 0 unspecified atom stereocenters. The zero-order valence-corrected chi connectivity index (χ0v) is 35.5. The minimum atomic E-state index is -4.17. The Hall–Kier alpha value is -5.85. The van der Waals surface area contributed by atoms with E-state index in [-0.39, 0.29) is 41.9 Å². The van der Waals surface area contributed by atoms with Crippen LogP contribution in [0.15, 0.2) is 85.5 Å². The number of anilines is 3. The summed E-state index contributed by atoms with van der Waals surface area (Å²) in [6.07, 6.45) is 7.79. The van der Waals surface area contributed by atoms with Gasteiger partial charge in [0.1, 0.15) is 11.5 Å². The van der Waals surface area contributed by atoms with E-state index in [1.165, 1.54) is 4.31 Å².